The highest BCUT2D eigenvalue weighted by molar-refractivity contribution is 5.78. The number of amides is 1. The summed E-state index contributed by atoms with van der Waals surface area (Å²) in [5.41, 5.74) is 2.61. The lowest BCUT2D eigenvalue weighted by atomic mass is 10.0. The van der Waals surface area contributed by atoms with Crippen LogP contribution in [-0.4, -0.2) is 35.3 Å². The molecule has 3 rings (SSSR count). The zero-order valence-corrected chi connectivity index (χ0v) is 14.6. The van der Waals surface area contributed by atoms with E-state index in [2.05, 4.69) is 59.5 Å². The van der Waals surface area contributed by atoms with Crippen LogP contribution in [0.2, 0.25) is 0 Å². The summed E-state index contributed by atoms with van der Waals surface area (Å²) in [6.45, 7) is 7.38. The molecule has 1 heterocycles. The first-order valence-corrected chi connectivity index (χ1v) is 8.77. The second kappa shape index (κ2) is 7.63. The van der Waals surface area contributed by atoms with Crippen molar-refractivity contribution >= 4 is 5.91 Å². The minimum atomic E-state index is 0.0575. The van der Waals surface area contributed by atoms with E-state index in [-0.39, 0.29) is 17.9 Å². The van der Waals surface area contributed by atoms with Crippen molar-refractivity contribution in [2.45, 2.75) is 26.4 Å². The standard InChI is InChI=1S/C21H26N2O/c1-17(2)21(24)23-14-13-22(15-18-9-5-3-6-10-18)20(16-23)19-11-7-4-8-12-19/h3-12,17,20H,13-16H2,1-2H3. The van der Waals surface area contributed by atoms with Crippen molar-refractivity contribution < 1.29 is 4.79 Å². The molecule has 3 nitrogen and oxygen atoms in total. The molecule has 0 bridgehead atoms. The fourth-order valence-corrected chi connectivity index (χ4v) is 3.38. The van der Waals surface area contributed by atoms with E-state index in [1.807, 2.05) is 24.8 Å². The first-order chi connectivity index (χ1) is 11.6. The van der Waals surface area contributed by atoms with E-state index >= 15 is 0 Å². The highest BCUT2D eigenvalue weighted by atomic mass is 16.2. The first-order valence-electron chi connectivity index (χ1n) is 8.77. The van der Waals surface area contributed by atoms with Gasteiger partial charge in [0.2, 0.25) is 5.91 Å². The fraction of sp³-hybridized carbons (Fsp3) is 0.381. The molecule has 1 aliphatic rings. The number of benzene rings is 2. The Morgan fingerprint density at radius 3 is 2.25 bits per heavy atom. The molecule has 1 atom stereocenters. The average Bonchev–Trinajstić information content (AvgIpc) is 2.63. The van der Waals surface area contributed by atoms with Gasteiger partial charge in [-0.05, 0) is 11.1 Å². The van der Waals surface area contributed by atoms with Gasteiger partial charge in [0.15, 0.2) is 0 Å². The van der Waals surface area contributed by atoms with E-state index in [9.17, 15) is 4.79 Å². The Kier molecular flexibility index (Phi) is 5.31. The van der Waals surface area contributed by atoms with Crippen LogP contribution in [0.25, 0.3) is 0 Å². The topological polar surface area (TPSA) is 23.6 Å². The van der Waals surface area contributed by atoms with Gasteiger partial charge in [-0.3, -0.25) is 9.69 Å². The van der Waals surface area contributed by atoms with Crippen molar-refractivity contribution in [3.63, 3.8) is 0 Å². The molecule has 0 aliphatic carbocycles. The third kappa shape index (κ3) is 3.85. The average molecular weight is 322 g/mol. The van der Waals surface area contributed by atoms with Gasteiger partial charge in [-0.15, -0.1) is 0 Å². The molecule has 0 N–H and O–H groups in total. The van der Waals surface area contributed by atoms with Gasteiger partial charge in [-0.1, -0.05) is 74.5 Å². The van der Waals surface area contributed by atoms with Crippen LogP contribution in [0.1, 0.15) is 31.0 Å². The summed E-state index contributed by atoms with van der Waals surface area (Å²) in [6, 6.07) is 21.4. The Morgan fingerprint density at radius 1 is 1.00 bits per heavy atom. The number of carbonyl (C=O) groups excluding carboxylic acids is 1. The van der Waals surface area contributed by atoms with Gasteiger partial charge in [0.1, 0.15) is 0 Å². The summed E-state index contributed by atoms with van der Waals surface area (Å²) in [5, 5.41) is 0. The molecular weight excluding hydrogens is 296 g/mol. The fourth-order valence-electron chi connectivity index (χ4n) is 3.38. The monoisotopic (exact) mass is 322 g/mol. The van der Waals surface area contributed by atoms with Crippen molar-refractivity contribution in [2.75, 3.05) is 19.6 Å². The molecule has 2 aromatic carbocycles. The van der Waals surface area contributed by atoms with Crippen LogP contribution >= 0.6 is 0 Å². The summed E-state index contributed by atoms with van der Waals surface area (Å²) >= 11 is 0. The van der Waals surface area contributed by atoms with Gasteiger partial charge >= 0.3 is 0 Å². The molecule has 0 spiro atoms. The number of hydrogen-bond acceptors (Lipinski definition) is 2. The summed E-state index contributed by atoms with van der Waals surface area (Å²) in [6.07, 6.45) is 0. The first kappa shape index (κ1) is 16.7. The maximum absolute atomic E-state index is 12.4. The third-order valence-electron chi connectivity index (χ3n) is 4.71. The molecule has 24 heavy (non-hydrogen) atoms. The zero-order chi connectivity index (χ0) is 16.9. The number of hydrogen-bond donors (Lipinski definition) is 0. The Balaban J connectivity index is 1.81. The van der Waals surface area contributed by atoms with E-state index in [0.717, 1.165) is 26.2 Å². The Bertz CT molecular complexity index is 654. The van der Waals surface area contributed by atoms with Crippen molar-refractivity contribution in [3.05, 3.63) is 71.8 Å². The summed E-state index contributed by atoms with van der Waals surface area (Å²) < 4.78 is 0. The zero-order valence-electron chi connectivity index (χ0n) is 14.6. The van der Waals surface area contributed by atoms with Crippen molar-refractivity contribution in [1.29, 1.82) is 0 Å². The smallest absolute Gasteiger partial charge is 0.225 e. The van der Waals surface area contributed by atoms with E-state index in [4.69, 9.17) is 0 Å². The van der Waals surface area contributed by atoms with Crippen LogP contribution < -0.4 is 0 Å². The second-order valence-electron chi connectivity index (χ2n) is 6.82. The molecule has 1 saturated heterocycles. The van der Waals surface area contributed by atoms with Gasteiger partial charge in [-0.25, -0.2) is 0 Å². The van der Waals surface area contributed by atoms with E-state index in [0.29, 0.717) is 0 Å². The van der Waals surface area contributed by atoms with Gasteiger partial charge in [-0.2, -0.15) is 0 Å². The summed E-state index contributed by atoms with van der Waals surface area (Å²) in [4.78, 5) is 17.0. The molecule has 1 aliphatic heterocycles. The van der Waals surface area contributed by atoms with Crippen LogP contribution in [0.15, 0.2) is 60.7 Å². The second-order valence-corrected chi connectivity index (χ2v) is 6.82. The molecule has 0 saturated carbocycles. The quantitative estimate of drug-likeness (QED) is 0.856. The minimum absolute atomic E-state index is 0.0575. The van der Waals surface area contributed by atoms with E-state index in [1.54, 1.807) is 0 Å². The Hall–Kier alpha value is -2.13. The van der Waals surface area contributed by atoms with Gasteiger partial charge < -0.3 is 4.90 Å². The molecule has 3 heteroatoms. The molecule has 126 valence electrons. The van der Waals surface area contributed by atoms with E-state index < -0.39 is 0 Å². The number of rotatable bonds is 4. The SMILES string of the molecule is CC(C)C(=O)N1CCN(Cc2ccccc2)C(c2ccccc2)C1. The van der Waals surface area contributed by atoms with E-state index in [1.165, 1.54) is 11.1 Å². The molecule has 0 aromatic heterocycles. The van der Waals surface area contributed by atoms with Gasteiger partial charge in [0.25, 0.3) is 0 Å². The lowest BCUT2D eigenvalue weighted by molar-refractivity contribution is -0.137. The normalized spacial score (nSPS) is 18.8. The number of piperazine rings is 1. The van der Waals surface area contributed by atoms with Crippen LogP contribution in [-0.2, 0) is 11.3 Å². The lowest BCUT2D eigenvalue weighted by Gasteiger charge is -2.42. The Labute approximate surface area is 144 Å². The summed E-state index contributed by atoms with van der Waals surface area (Å²) in [7, 11) is 0. The largest absolute Gasteiger partial charge is 0.339 e. The van der Waals surface area contributed by atoms with Crippen LogP contribution in [0.4, 0.5) is 0 Å². The van der Waals surface area contributed by atoms with Gasteiger partial charge in [0.05, 0.1) is 6.04 Å². The minimum Gasteiger partial charge on any atom is -0.339 e. The van der Waals surface area contributed by atoms with Gasteiger partial charge in [0, 0.05) is 32.1 Å². The van der Waals surface area contributed by atoms with Crippen molar-refractivity contribution in [2.24, 2.45) is 5.92 Å². The Morgan fingerprint density at radius 2 is 1.62 bits per heavy atom. The maximum Gasteiger partial charge on any atom is 0.225 e. The van der Waals surface area contributed by atoms with Crippen LogP contribution in [0.3, 0.4) is 0 Å². The van der Waals surface area contributed by atoms with Crippen LogP contribution in [0, 0.1) is 5.92 Å². The summed E-state index contributed by atoms with van der Waals surface area (Å²) in [5.74, 6) is 0.317. The van der Waals surface area contributed by atoms with Crippen molar-refractivity contribution in [3.8, 4) is 0 Å². The molecule has 1 amide bonds. The van der Waals surface area contributed by atoms with Crippen LogP contribution in [0.5, 0.6) is 0 Å². The molecule has 0 radical (unpaired) electrons. The molecular formula is C21H26N2O. The third-order valence-corrected chi connectivity index (χ3v) is 4.71. The highest BCUT2D eigenvalue weighted by Crippen LogP contribution is 2.27. The highest BCUT2D eigenvalue weighted by Gasteiger charge is 2.31. The lowest BCUT2D eigenvalue weighted by Crippen LogP contribution is -2.51. The predicted molar refractivity (Wildman–Crippen MR) is 97.5 cm³/mol. The predicted octanol–water partition coefficient (Wildman–Crippen LogP) is 3.73. The molecule has 1 unspecified atom stereocenters. The van der Waals surface area contributed by atoms with Crippen molar-refractivity contribution in [1.82, 2.24) is 9.80 Å². The number of nitrogens with zero attached hydrogens (tertiary/aromatic N) is 2. The maximum atomic E-state index is 12.4. The molecule has 2 aromatic rings. The molecule has 1 fully saturated rings. The number of carbonyl (C=O) groups is 1.